The van der Waals surface area contributed by atoms with Gasteiger partial charge in [-0.15, -0.1) is 0 Å². The highest BCUT2D eigenvalue weighted by molar-refractivity contribution is 5.54. The topological polar surface area (TPSA) is 57.0 Å². The molecule has 27 heavy (non-hydrogen) atoms. The van der Waals surface area contributed by atoms with E-state index in [1.54, 1.807) is 0 Å². The molecule has 1 fully saturated rings. The van der Waals surface area contributed by atoms with Crippen molar-refractivity contribution in [2.24, 2.45) is 5.73 Å². The summed E-state index contributed by atoms with van der Waals surface area (Å²) in [6, 6.07) is 14.8. The molecule has 0 amide bonds. The molecule has 2 N–H and O–H groups in total. The number of nitrogens with zero attached hydrogens (tertiary/aromatic N) is 1. The van der Waals surface area contributed by atoms with Crippen molar-refractivity contribution in [2.45, 2.75) is 38.4 Å². The van der Waals surface area contributed by atoms with E-state index >= 15 is 0 Å². The third kappa shape index (κ3) is 3.75. The van der Waals surface area contributed by atoms with Gasteiger partial charge in [-0.3, -0.25) is 4.90 Å². The maximum absolute atomic E-state index is 6.56. The zero-order valence-corrected chi connectivity index (χ0v) is 15.9. The summed E-state index contributed by atoms with van der Waals surface area (Å²) in [6.45, 7) is 5.51. The van der Waals surface area contributed by atoms with Crippen molar-refractivity contribution in [1.29, 1.82) is 0 Å². The first-order chi connectivity index (χ1) is 13.3. The number of ether oxygens (including phenoxy) is 3. The molecule has 2 aromatic rings. The first-order valence-corrected chi connectivity index (χ1v) is 9.86. The lowest BCUT2D eigenvalue weighted by molar-refractivity contribution is 0.113. The summed E-state index contributed by atoms with van der Waals surface area (Å²) < 4.78 is 17.7. The van der Waals surface area contributed by atoms with Crippen LogP contribution in [-0.2, 0) is 6.54 Å². The average Bonchev–Trinajstić information content (AvgIpc) is 2.71. The van der Waals surface area contributed by atoms with E-state index in [2.05, 4.69) is 29.2 Å². The Bertz CT molecular complexity index is 766. The van der Waals surface area contributed by atoms with Crippen LogP contribution in [0.3, 0.4) is 0 Å². The Balaban J connectivity index is 1.69. The molecule has 4 rings (SSSR count). The van der Waals surface area contributed by atoms with Crippen LogP contribution in [-0.4, -0.2) is 37.3 Å². The molecule has 0 saturated carbocycles. The van der Waals surface area contributed by atoms with Crippen molar-refractivity contribution in [3.8, 4) is 17.2 Å². The van der Waals surface area contributed by atoms with E-state index in [1.807, 2.05) is 25.1 Å². The highest BCUT2D eigenvalue weighted by Crippen LogP contribution is 2.42. The number of benzene rings is 2. The molecule has 5 heteroatoms. The summed E-state index contributed by atoms with van der Waals surface area (Å²) in [6.07, 6.45) is 2.14. The second kappa shape index (κ2) is 8.19. The third-order valence-corrected chi connectivity index (χ3v) is 5.35. The van der Waals surface area contributed by atoms with Crippen LogP contribution in [0.25, 0.3) is 0 Å². The second-order valence-electron chi connectivity index (χ2n) is 7.13. The molecule has 0 aliphatic carbocycles. The van der Waals surface area contributed by atoms with Gasteiger partial charge in [0, 0.05) is 12.6 Å². The molecule has 2 atom stereocenters. The van der Waals surface area contributed by atoms with Crippen molar-refractivity contribution < 1.29 is 14.2 Å². The Hall–Kier alpha value is -2.24. The van der Waals surface area contributed by atoms with Crippen LogP contribution in [0, 0.1) is 0 Å². The molecule has 144 valence electrons. The van der Waals surface area contributed by atoms with Crippen LogP contribution in [0.5, 0.6) is 17.2 Å². The molecule has 2 aliphatic rings. The third-order valence-electron chi connectivity index (χ3n) is 5.35. The van der Waals surface area contributed by atoms with Crippen LogP contribution >= 0.6 is 0 Å². The Morgan fingerprint density at radius 1 is 1.11 bits per heavy atom. The minimum Gasteiger partial charge on any atom is -0.493 e. The predicted octanol–water partition coefficient (Wildman–Crippen LogP) is 3.52. The van der Waals surface area contributed by atoms with Gasteiger partial charge in [-0.1, -0.05) is 30.3 Å². The van der Waals surface area contributed by atoms with E-state index in [9.17, 15) is 0 Å². The molecule has 0 bridgehead atoms. The molecule has 2 aliphatic heterocycles. The van der Waals surface area contributed by atoms with E-state index in [4.69, 9.17) is 19.9 Å². The highest BCUT2D eigenvalue weighted by atomic mass is 16.6. The van der Waals surface area contributed by atoms with Crippen molar-refractivity contribution in [2.75, 3.05) is 26.4 Å². The molecule has 5 nitrogen and oxygen atoms in total. The van der Waals surface area contributed by atoms with Gasteiger partial charge in [0.1, 0.15) is 19.0 Å². The molecule has 0 radical (unpaired) electrons. The summed E-state index contributed by atoms with van der Waals surface area (Å²) in [5, 5.41) is 0. The van der Waals surface area contributed by atoms with Gasteiger partial charge in [0.2, 0.25) is 0 Å². The van der Waals surface area contributed by atoms with Gasteiger partial charge >= 0.3 is 0 Å². The van der Waals surface area contributed by atoms with Crippen molar-refractivity contribution in [1.82, 2.24) is 4.90 Å². The summed E-state index contributed by atoms with van der Waals surface area (Å²) in [5.41, 5.74) is 8.89. The fourth-order valence-corrected chi connectivity index (χ4v) is 4.18. The van der Waals surface area contributed by atoms with E-state index in [1.165, 1.54) is 5.56 Å². The summed E-state index contributed by atoms with van der Waals surface area (Å²) in [4.78, 5) is 2.46. The van der Waals surface area contributed by atoms with Gasteiger partial charge in [-0.25, -0.2) is 0 Å². The van der Waals surface area contributed by atoms with Crippen molar-refractivity contribution in [3.05, 3.63) is 53.6 Å². The SMILES string of the molecule is CCOc1ccc2c(c1CN1CCC[C@H](N)[C@H]1c1ccccc1)OCCO2. The van der Waals surface area contributed by atoms with Crippen LogP contribution in [0.4, 0.5) is 0 Å². The van der Waals surface area contributed by atoms with Crippen LogP contribution < -0.4 is 19.9 Å². The van der Waals surface area contributed by atoms with Crippen LogP contribution in [0.2, 0.25) is 0 Å². The monoisotopic (exact) mass is 368 g/mol. The van der Waals surface area contributed by atoms with Crippen molar-refractivity contribution in [3.63, 3.8) is 0 Å². The minimum absolute atomic E-state index is 0.119. The Morgan fingerprint density at radius 2 is 1.93 bits per heavy atom. The second-order valence-corrected chi connectivity index (χ2v) is 7.13. The standard InChI is InChI=1S/C22H28N2O3/c1-2-25-19-10-11-20-22(27-14-13-26-20)17(19)15-24-12-6-9-18(23)21(24)16-7-4-3-5-8-16/h3-5,7-8,10-11,18,21H,2,6,9,12-15,23H2,1H3/t18-,21+/m0/s1. The number of hydrogen-bond donors (Lipinski definition) is 1. The van der Waals surface area contributed by atoms with Gasteiger partial charge in [-0.05, 0) is 44.0 Å². The largest absolute Gasteiger partial charge is 0.493 e. The average molecular weight is 368 g/mol. The summed E-state index contributed by atoms with van der Waals surface area (Å²) in [5.74, 6) is 2.49. The number of hydrogen-bond acceptors (Lipinski definition) is 5. The lowest BCUT2D eigenvalue weighted by Crippen LogP contribution is -2.45. The lowest BCUT2D eigenvalue weighted by Gasteiger charge is -2.40. The van der Waals surface area contributed by atoms with Crippen LogP contribution in [0.1, 0.15) is 36.9 Å². The number of piperidine rings is 1. The summed E-state index contributed by atoms with van der Waals surface area (Å²) >= 11 is 0. The molecule has 0 unspecified atom stereocenters. The lowest BCUT2D eigenvalue weighted by atomic mass is 9.90. The number of fused-ring (bicyclic) bond motifs is 1. The first-order valence-electron chi connectivity index (χ1n) is 9.86. The van der Waals surface area contributed by atoms with Gasteiger partial charge in [0.25, 0.3) is 0 Å². The van der Waals surface area contributed by atoms with Gasteiger partial charge in [-0.2, -0.15) is 0 Å². The highest BCUT2D eigenvalue weighted by Gasteiger charge is 2.32. The molecule has 2 heterocycles. The number of rotatable bonds is 5. The smallest absolute Gasteiger partial charge is 0.169 e. The molecular weight excluding hydrogens is 340 g/mol. The fourth-order valence-electron chi connectivity index (χ4n) is 4.18. The maximum Gasteiger partial charge on any atom is 0.169 e. The Morgan fingerprint density at radius 3 is 2.74 bits per heavy atom. The zero-order chi connectivity index (χ0) is 18.6. The predicted molar refractivity (Wildman–Crippen MR) is 105 cm³/mol. The van der Waals surface area contributed by atoms with E-state index in [0.29, 0.717) is 19.8 Å². The fraction of sp³-hybridized carbons (Fsp3) is 0.455. The van der Waals surface area contributed by atoms with Crippen molar-refractivity contribution >= 4 is 0 Å². The molecular formula is C22H28N2O3. The van der Waals surface area contributed by atoms with Gasteiger partial charge in [0.05, 0.1) is 18.2 Å². The quantitative estimate of drug-likeness (QED) is 0.875. The summed E-state index contributed by atoms with van der Waals surface area (Å²) in [7, 11) is 0. The van der Waals surface area contributed by atoms with Gasteiger partial charge < -0.3 is 19.9 Å². The normalized spacial score (nSPS) is 22.4. The maximum atomic E-state index is 6.56. The molecule has 2 aromatic carbocycles. The minimum atomic E-state index is 0.119. The first kappa shape index (κ1) is 18.1. The number of nitrogens with two attached hydrogens (primary N) is 1. The number of likely N-dealkylation sites (tertiary alicyclic amines) is 1. The Kier molecular flexibility index (Phi) is 5.50. The zero-order valence-electron chi connectivity index (χ0n) is 15.9. The molecule has 1 saturated heterocycles. The Labute approximate surface area is 161 Å². The van der Waals surface area contributed by atoms with E-state index in [0.717, 1.165) is 48.7 Å². The molecule has 0 aromatic heterocycles. The van der Waals surface area contributed by atoms with Gasteiger partial charge in [0.15, 0.2) is 11.5 Å². The van der Waals surface area contributed by atoms with E-state index in [-0.39, 0.29) is 12.1 Å². The van der Waals surface area contributed by atoms with Crippen LogP contribution in [0.15, 0.2) is 42.5 Å². The van der Waals surface area contributed by atoms with E-state index < -0.39 is 0 Å². The molecule has 0 spiro atoms.